The lowest BCUT2D eigenvalue weighted by Crippen LogP contribution is -2.32. The van der Waals surface area contributed by atoms with Crippen LogP contribution in [0.5, 0.6) is 0 Å². The van der Waals surface area contributed by atoms with Gasteiger partial charge in [-0.05, 0) is 24.5 Å². The van der Waals surface area contributed by atoms with E-state index >= 15 is 0 Å². The second kappa shape index (κ2) is 6.28. The van der Waals surface area contributed by atoms with Crippen LogP contribution in [0.2, 0.25) is 0 Å². The molecule has 0 radical (unpaired) electrons. The minimum atomic E-state index is 0.293. The predicted molar refractivity (Wildman–Crippen MR) is 77.9 cm³/mol. The zero-order valence-corrected chi connectivity index (χ0v) is 12.0. The van der Waals surface area contributed by atoms with Crippen molar-refractivity contribution >= 4 is 17.7 Å². The Morgan fingerprint density at radius 2 is 2.17 bits per heavy atom. The Kier molecular flexibility index (Phi) is 4.70. The topological polar surface area (TPSA) is 20.3 Å². The van der Waals surface area contributed by atoms with Crippen molar-refractivity contribution in [3.05, 3.63) is 35.4 Å². The Labute approximate surface area is 114 Å². The fraction of sp³-hybridized carbons (Fsp3) is 0.533. The van der Waals surface area contributed by atoms with Gasteiger partial charge in [0.25, 0.3) is 0 Å². The first-order valence-electron chi connectivity index (χ1n) is 6.67. The van der Waals surface area contributed by atoms with Crippen LogP contribution in [-0.4, -0.2) is 29.6 Å². The van der Waals surface area contributed by atoms with Crippen molar-refractivity contribution in [3.63, 3.8) is 0 Å². The maximum absolute atomic E-state index is 11.7. The van der Waals surface area contributed by atoms with E-state index in [1.54, 1.807) is 0 Å². The molecule has 1 saturated heterocycles. The number of thioether (sulfide) groups is 1. The standard InChI is InChI=1S/C15H21NOS/c1-3-15(17)16-9-8-14(18-11-10-16)13-7-5-4-6-12(13)2/h4-7,14H,3,8-11H2,1-2H3. The first-order chi connectivity index (χ1) is 8.72. The Balaban J connectivity index is 2.05. The molecule has 1 aliphatic heterocycles. The molecule has 0 aromatic heterocycles. The first kappa shape index (κ1) is 13.5. The highest BCUT2D eigenvalue weighted by Crippen LogP contribution is 2.35. The van der Waals surface area contributed by atoms with Crippen molar-refractivity contribution in [1.29, 1.82) is 0 Å². The highest BCUT2D eigenvalue weighted by molar-refractivity contribution is 7.99. The van der Waals surface area contributed by atoms with E-state index < -0.39 is 0 Å². The van der Waals surface area contributed by atoms with Gasteiger partial charge in [0, 0.05) is 30.5 Å². The number of carbonyl (C=O) groups is 1. The van der Waals surface area contributed by atoms with Gasteiger partial charge in [0.1, 0.15) is 0 Å². The minimum absolute atomic E-state index is 0.293. The highest BCUT2D eigenvalue weighted by Gasteiger charge is 2.21. The predicted octanol–water partition coefficient (Wildman–Crippen LogP) is 3.41. The monoisotopic (exact) mass is 263 g/mol. The molecule has 1 fully saturated rings. The third-order valence-corrected chi connectivity index (χ3v) is 4.84. The number of rotatable bonds is 2. The van der Waals surface area contributed by atoms with Gasteiger partial charge in [-0.1, -0.05) is 31.2 Å². The summed E-state index contributed by atoms with van der Waals surface area (Å²) in [4.78, 5) is 13.8. The van der Waals surface area contributed by atoms with Crippen molar-refractivity contribution in [1.82, 2.24) is 4.90 Å². The van der Waals surface area contributed by atoms with E-state index in [2.05, 4.69) is 31.2 Å². The van der Waals surface area contributed by atoms with Crippen molar-refractivity contribution in [3.8, 4) is 0 Å². The smallest absolute Gasteiger partial charge is 0.222 e. The summed E-state index contributed by atoms with van der Waals surface area (Å²) in [5.41, 5.74) is 2.80. The van der Waals surface area contributed by atoms with Crippen LogP contribution in [0.15, 0.2) is 24.3 Å². The number of hydrogen-bond acceptors (Lipinski definition) is 2. The molecule has 1 amide bonds. The summed E-state index contributed by atoms with van der Waals surface area (Å²) in [6.07, 6.45) is 1.70. The zero-order valence-electron chi connectivity index (χ0n) is 11.2. The molecule has 1 aliphatic rings. The van der Waals surface area contributed by atoms with Crippen LogP contribution in [0.1, 0.15) is 36.1 Å². The summed E-state index contributed by atoms with van der Waals surface area (Å²) in [6.45, 7) is 5.92. The number of carbonyl (C=O) groups excluding carboxylic acids is 1. The molecule has 2 rings (SSSR count). The molecular formula is C15H21NOS. The van der Waals surface area contributed by atoms with Crippen LogP contribution < -0.4 is 0 Å². The average Bonchev–Trinajstić information content (AvgIpc) is 2.64. The molecule has 1 unspecified atom stereocenters. The van der Waals surface area contributed by atoms with Gasteiger partial charge in [-0.2, -0.15) is 11.8 Å². The Hall–Kier alpha value is -0.960. The van der Waals surface area contributed by atoms with Crippen LogP contribution in [0.25, 0.3) is 0 Å². The van der Waals surface area contributed by atoms with Crippen molar-refractivity contribution < 1.29 is 4.79 Å². The van der Waals surface area contributed by atoms with Crippen LogP contribution in [-0.2, 0) is 4.79 Å². The molecule has 1 heterocycles. The molecule has 1 atom stereocenters. The third kappa shape index (κ3) is 3.08. The second-order valence-electron chi connectivity index (χ2n) is 4.74. The summed E-state index contributed by atoms with van der Waals surface area (Å²) in [5, 5.41) is 0.542. The summed E-state index contributed by atoms with van der Waals surface area (Å²) in [6, 6.07) is 8.61. The van der Waals surface area contributed by atoms with E-state index in [9.17, 15) is 4.79 Å². The summed E-state index contributed by atoms with van der Waals surface area (Å²) in [5.74, 6) is 1.34. The van der Waals surface area contributed by atoms with Crippen molar-refractivity contribution in [2.75, 3.05) is 18.8 Å². The summed E-state index contributed by atoms with van der Waals surface area (Å²) < 4.78 is 0. The normalized spacial score (nSPS) is 20.6. The van der Waals surface area contributed by atoms with E-state index in [1.807, 2.05) is 23.6 Å². The Morgan fingerprint density at radius 3 is 2.89 bits per heavy atom. The number of hydrogen-bond donors (Lipinski definition) is 0. The number of benzene rings is 1. The fourth-order valence-corrected chi connectivity index (χ4v) is 3.77. The summed E-state index contributed by atoms with van der Waals surface area (Å²) in [7, 11) is 0. The molecule has 98 valence electrons. The van der Waals surface area contributed by atoms with Gasteiger partial charge in [0.15, 0.2) is 0 Å². The lowest BCUT2D eigenvalue weighted by Gasteiger charge is -2.20. The van der Waals surface area contributed by atoms with E-state index in [0.717, 1.165) is 25.3 Å². The maximum atomic E-state index is 11.7. The molecule has 18 heavy (non-hydrogen) atoms. The molecule has 0 spiro atoms. The van der Waals surface area contributed by atoms with Crippen molar-refractivity contribution in [2.45, 2.75) is 31.9 Å². The lowest BCUT2D eigenvalue weighted by molar-refractivity contribution is -0.130. The van der Waals surface area contributed by atoms with Crippen LogP contribution in [0.4, 0.5) is 0 Å². The molecule has 0 saturated carbocycles. The quantitative estimate of drug-likeness (QED) is 0.815. The maximum Gasteiger partial charge on any atom is 0.222 e. The molecule has 3 heteroatoms. The summed E-state index contributed by atoms with van der Waals surface area (Å²) >= 11 is 1.99. The minimum Gasteiger partial charge on any atom is -0.342 e. The van der Waals surface area contributed by atoms with Gasteiger partial charge in [0.05, 0.1) is 0 Å². The molecule has 0 N–H and O–H groups in total. The first-order valence-corrected chi connectivity index (χ1v) is 7.72. The molecule has 1 aromatic rings. The Bertz CT molecular complexity index is 419. The number of nitrogens with zero attached hydrogens (tertiary/aromatic N) is 1. The van der Waals surface area contributed by atoms with E-state index in [0.29, 0.717) is 17.6 Å². The van der Waals surface area contributed by atoms with Gasteiger partial charge in [-0.3, -0.25) is 4.79 Å². The van der Waals surface area contributed by atoms with Gasteiger partial charge in [-0.15, -0.1) is 0 Å². The largest absolute Gasteiger partial charge is 0.342 e. The van der Waals surface area contributed by atoms with Crippen LogP contribution >= 0.6 is 11.8 Å². The molecule has 2 nitrogen and oxygen atoms in total. The van der Waals surface area contributed by atoms with Gasteiger partial charge in [-0.25, -0.2) is 0 Å². The average molecular weight is 263 g/mol. The number of amides is 1. The van der Waals surface area contributed by atoms with E-state index in [1.165, 1.54) is 11.1 Å². The van der Waals surface area contributed by atoms with Gasteiger partial charge >= 0.3 is 0 Å². The Morgan fingerprint density at radius 1 is 1.39 bits per heavy atom. The molecule has 0 aliphatic carbocycles. The zero-order chi connectivity index (χ0) is 13.0. The highest BCUT2D eigenvalue weighted by atomic mass is 32.2. The lowest BCUT2D eigenvalue weighted by atomic mass is 10.0. The fourth-order valence-electron chi connectivity index (χ4n) is 2.44. The van der Waals surface area contributed by atoms with E-state index in [4.69, 9.17) is 0 Å². The molecule has 1 aromatic carbocycles. The van der Waals surface area contributed by atoms with Gasteiger partial charge in [0.2, 0.25) is 5.91 Å². The van der Waals surface area contributed by atoms with E-state index in [-0.39, 0.29) is 0 Å². The third-order valence-electron chi connectivity index (χ3n) is 3.53. The van der Waals surface area contributed by atoms with Gasteiger partial charge < -0.3 is 4.90 Å². The van der Waals surface area contributed by atoms with Crippen molar-refractivity contribution in [2.24, 2.45) is 0 Å². The SMILES string of the molecule is CCC(=O)N1CCSC(c2ccccc2C)CC1. The molecule has 0 bridgehead atoms. The molecular weight excluding hydrogens is 242 g/mol. The van der Waals surface area contributed by atoms with Crippen LogP contribution in [0, 0.1) is 6.92 Å². The number of aryl methyl sites for hydroxylation is 1. The second-order valence-corrected chi connectivity index (χ2v) is 6.05. The van der Waals surface area contributed by atoms with Crippen LogP contribution in [0.3, 0.4) is 0 Å².